The van der Waals surface area contributed by atoms with E-state index in [1.165, 1.54) is 4.90 Å². The zero-order valence-electron chi connectivity index (χ0n) is 14.8. The number of nitrogens with two attached hydrogens (primary N) is 1. The third-order valence-electron chi connectivity index (χ3n) is 3.91. The molecule has 8 heteroatoms. The second kappa shape index (κ2) is 9.60. The molecule has 2 atom stereocenters. The second-order valence-corrected chi connectivity index (χ2v) is 6.13. The molecule has 7 nitrogen and oxygen atoms in total. The molecule has 2 rings (SSSR count). The third-order valence-corrected chi connectivity index (χ3v) is 3.91. The topological polar surface area (TPSA) is 93.9 Å². The van der Waals surface area contributed by atoms with Crippen LogP contribution in [0.15, 0.2) is 18.2 Å². The molecule has 0 saturated carbocycles. The van der Waals surface area contributed by atoms with Gasteiger partial charge in [0.15, 0.2) is 6.61 Å². The smallest absolute Gasteiger partial charge is 0.259 e. The van der Waals surface area contributed by atoms with Gasteiger partial charge in [-0.1, -0.05) is 6.07 Å². The molecule has 25 heavy (non-hydrogen) atoms. The Morgan fingerprint density at radius 1 is 1.36 bits per heavy atom. The van der Waals surface area contributed by atoms with Crippen molar-refractivity contribution in [1.29, 1.82) is 0 Å². The number of likely N-dealkylation sites (N-methyl/N-ethyl adjacent to an activating group) is 1. The molecule has 0 aromatic heterocycles. The fraction of sp³-hybridized carbons (Fsp3) is 0.529. The minimum absolute atomic E-state index is 0. The third kappa shape index (κ3) is 5.88. The molecule has 1 heterocycles. The Hall–Kier alpha value is -1.83. The van der Waals surface area contributed by atoms with Crippen LogP contribution in [-0.2, 0) is 14.3 Å². The van der Waals surface area contributed by atoms with Crippen molar-refractivity contribution in [2.24, 2.45) is 5.73 Å². The molecule has 140 valence electrons. The SMILES string of the molecule is Cc1ccc(NC(=O)[C@@H]2CC[C@H](CN)O2)c(OCC(=O)N(C)C)c1.Cl. The first-order valence-corrected chi connectivity index (χ1v) is 8.00. The average molecular weight is 372 g/mol. The maximum absolute atomic E-state index is 12.4. The molecule has 1 fully saturated rings. The number of amides is 2. The minimum Gasteiger partial charge on any atom is -0.482 e. The summed E-state index contributed by atoms with van der Waals surface area (Å²) in [7, 11) is 3.33. The zero-order chi connectivity index (χ0) is 17.7. The molecule has 0 radical (unpaired) electrons. The van der Waals surface area contributed by atoms with Gasteiger partial charge in [-0.2, -0.15) is 0 Å². The summed E-state index contributed by atoms with van der Waals surface area (Å²) in [6.07, 6.45) is 0.862. The van der Waals surface area contributed by atoms with Crippen LogP contribution in [0.4, 0.5) is 5.69 Å². The van der Waals surface area contributed by atoms with Crippen molar-refractivity contribution in [2.45, 2.75) is 32.0 Å². The molecule has 1 saturated heterocycles. The maximum atomic E-state index is 12.4. The van der Waals surface area contributed by atoms with Gasteiger partial charge in [0.25, 0.3) is 11.8 Å². The first-order valence-electron chi connectivity index (χ1n) is 8.00. The van der Waals surface area contributed by atoms with Crippen molar-refractivity contribution in [3.8, 4) is 5.75 Å². The van der Waals surface area contributed by atoms with E-state index >= 15 is 0 Å². The molecular weight excluding hydrogens is 346 g/mol. The maximum Gasteiger partial charge on any atom is 0.259 e. The van der Waals surface area contributed by atoms with Crippen LogP contribution in [0, 0.1) is 6.92 Å². The van der Waals surface area contributed by atoms with E-state index in [0.717, 1.165) is 12.0 Å². The Morgan fingerprint density at radius 3 is 2.68 bits per heavy atom. The van der Waals surface area contributed by atoms with Gasteiger partial charge in [-0.3, -0.25) is 9.59 Å². The van der Waals surface area contributed by atoms with Crippen molar-refractivity contribution in [3.63, 3.8) is 0 Å². The van der Waals surface area contributed by atoms with Crippen LogP contribution >= 0.6 is 12.4 Å². The summed E-state index contributed by atoms with van der Waals surface area (Å²) >= 11 is 0. The Balaban J connectivity index is 0.00000312. The number of aryl methyl sites for hydroxylation is 1. The van der Waals surface area contributed by atoms with Crippen LogP contribution in [0.25, 0.3) is 0 Å². The van der Waals surface area contributed by atoms with E-state index in [4.69, 9.17) is 15.2 Å². The molecular formula is C17H26ClN3O4. The van der Waals surface area contributed by atoms with Crippen molar-refractivity contribution in [1.82, 2.24) is 4.90 Å². The van der Waals surface area contributed by atoms with Crippen LogP contribution < -0.4 is 15.8 Å². The molecule has 2 amide bonds. The van der Waals surface area contributed by atoms with Crippen LogP contribution in [0.3, 0.4) is 0 Å². The van der Waals surface area contributed by atoms with Crippen LogP contribution in [-0.4, -0.2) is 56.2 Å². The highest BCUT2D eigenvalue weighted by molar-refractivity contribution is 5.95. The molecule has 1 aromatic rings. The molecule has 1 aromatic carbocycles. The first kappa shape index (κ1) is 21.2. The van der Waals surface area contributed by atoms with Crippen molar-refractivity contribution in [3.05, 3.63) is 23.8 Å². The number of anilines is 1. The summed E-state index contributed by atoms with van der Waals surface area (Å²) in [5.74, 6) is 0.0872. The number of halogens is 1. The van der Waals surface area contributed by atoms with Crippen molar-refractivity contribution < 1.29 is 19.1 Å². The van der Waals surface area contributed by atoms with Crippen molar-refractivity contribution >= 4 is 29.9 Å². The fourth-order valence-electron chi connectivity index (χ4n) is 2.41. The molecule has 0 spiro atoms. The Labute approximate surface area is 154 Å². The van der Waals surface area contributed by atoms with Gasteiger partial charge < -0.3 is 25.4 Å². The van der Waals surface area contributed by atoms with E-state index < -0.39 is 6.10 Å². The van der Waals surface area contributed by atoms with Gasteiger partial charge in [0.2, 0.25) is 0 Å². The summed E-state index contributed by atoms with van der Waals surface area (Å²) < 4.78 is 11.2. The van der Waals surface area contributed by atoms with E-state index in [2.05, 4.69) is 5.32 Å². The van der Waals surface area contributed by atoms with E-state index in [0.29, 0.717) is 24.4 Å². The molecule has 0 bridgehead atoms. The van der Waals surface area contributed by atoms with Gasteiger partial charge in [-0.25, -0.2) is 0 Å². The Bertz CT molecular complexity index is 610. The highest BCUT2D eigenvalue weighted by Crippen LogP contribution is 2.27. The molecule has 3 N–H and O–H groups in total. The normalized spacial score (nSPS) is 19.0. The summed E-state index contributed by atoms with van der Waals surface area (Å²) in [6, 6.07) is 5.42. The predicted molar refractivity (Wildman–Crippen MR) is 98.2 cm³/mol. The number of hydrogen-bond donors (Lipinski definition) is 2. The second-order valence-electron chi connectivity index (χ2n) is 6.13. The van der Waals surface area contributed by atoms with E-state index in [1.807, 2.05) is 13.0 Å². The number of nitrogens with one attached hydrogen (secondary N) is 1. The number of nitrogens with zero attached hydrogens (tertiary/aromatic N) is 1. The standard InChI is InChI=1S/C17H25N3O4.ClH/c1-11-4-6-13(15(8-11)23-10-16(21)20(2)3)19-17(22)14-7-5-12(9-18)24-14;/h4,6,8,12,14H,5,7,9-10,18H2,1-3H3,(H,19,22);1H/t12-,14+;/m1./s1. The monoisotopic (exact) mass is 371 g/mol. The summed E-state index contributed by atoms with van der Waals surface area (Å²) in [5, 5.41) is 2.82. The largest absolute Gasteiger partial charge is 0.482 e. The lowest BCUT2D eigenvalue weighted by atomic mass is 10.1. The zero-order valence-corrected chi connectivity index (χ0v) is 15.6. The summed E-state index contributed by atoms with van der Waals surface area (Å²) in [4.78, 5) is 25.5. The Morgan fingerprint density at radius 2 is 2.08 bits per heavy atom. The number of hydrogen-bond acceptors (Lipinski definition) is 5. The highest BCUT2D eigenvalue weighted by atomic mass is 35.5. The lowest BCUT2D eigenvalue weighted by molar-refractivity contribution is -0.130. The highest BCUT2D eigenvalue weighted by Gasteiger charge is 2.30. The number of rotatable bonds is 6. The molecule has 1 aliphatic heterocycles. The fourth-order valence-corrected chi connectivity index (χ4v) is 2.41. The average Bonchev–Trinajstić information content (AvgIpc) is 3.03. The number of benzene rings is 1. The van der Waals surface area contributed by atoms with E-state index in [9.17, 15) is 9.59 Å². The van der Waals surface area contributed by atoms with Gasteiger partial charge in [0.1, 0.15) is 11.9 Å². The van der Waals surface area contributed by atoms with Gasteiger partial charge >= 0.3 is 0 Å². The predicted octanol–water partition coefficient (Wildman–Crippen LogP) is 1.33. The molecule has 1 aliphatic rings. The van der Waals surface area contributed by atoms with E-state index in [-0.39, 0.29) is 36.9 Å². The van der Waals surface area contributed by atoms with Crippen LogP contribution in [0.2, 0.25) is 0 Å². The van der Waals surface area contributed by atoms with Gasteiger partial charge in [-0.15, -0.1) is 12.4 Å². The lowest BCUT2D eigenvalue weighted by Gasteiger charge is -2.17. The molecule has 0 aliphatic carbocycles. The first-order chi connectivity index (χ1) is 11.4. The van der Waals surface area contributed by atoms with Crippen LogP contribution in [0.5, 0.6) is 5.75 Å². The number of carbonyl (C=O) groups excluding carboxylic acids is 2. The van der Waals surface area contributed by atoms with Gasteiger partial charge in [0, 0.05) is 20.6 Å². The quantitative estimate of drug-likeness (QED) is 0.786. The molecule has 0 unspecified atom stereocenters. The van der Waals surface area contributed by atoms with Gasteiger partial charge in [-0.05, 0) is 37.5 Å². The summed E-state index contributed by atoms with van der Waals surface area (Å²) in [6.45, 7) is 2.24. The number of ether oxygens (including phenoxy) is 2. The number of carbonyl (C=O) groups is 2. The Kier molecular flexibility index (Phi) is 8.15. The van der Waals surface area contributed by atoms with Crippen LogP contribution in [0.1, 0.15) is 18.4 Å². The van der Waals surface area contributed by atoms with Gasteiger partial charge in [0.05, 0.1) is 11.8 Å². The summed E-state index contributed by atoms with van der Waals surface area (Å²) in [5.41, 5.74) is 7.07. The van der Waals surface area contributed by atoms with E-state index in [1.54, 1.807) is 26.2 Å². The van der Waals surface area contributed by atoms with Crippen molar-refractivity contribution in [2.75, 3.05) is 32.6 Å². The minimum atomic E-state index is -0.504. The lowest BCUT2D eigenvalue weighted by Crippen LogP contribution is -2.30.